The fourth-order valence-corrected chi connectivity index (χ4v) is 5.03. The molecule has 4 rings (SSSR count). The molecule has 2 aliphatic heterocycles. The summed E-state index contributed by atoms with van der Waals surface area (Å²) in [4.78, 5) is 31.5. The number of hydrogen-bond donors (Lipinski definition) is 2. The molecule has 2 saturated heterocycles. The highest BCUT2D eigenvalue weighted by Gasteiger charge is 2.49. The number of nitrogens with one attached hydrogen (secondary N) is 1. The van der Waals surface area contributed by atoms with E-state index in [-0.39, 0.29) is 12.6 Å². The van der Waals surface area contributed by atoms with Crippen molar-refractivity contribution in [3.8, 4) is 0 Å². The summed E-state index contributed by atoms with van der Waals surface area (Å²) in [6.07, 6.45) is 5.26. The van der Waals surface area contributed by atoms with Crippen molar-refractivity contribution in [3.05, 3.63) is 0 Å². The highest BCUT2D eigenvalue weighted by molar-refractivity contribution is 7.80. The number of amides is 3. The first kappa shape index (κ1) is 17.0. The molecule has 0 aromatic carbocycles. The number of carbonyl (C=O) groups is 2. The second-order valence-corrected chi connectivity index (χ2v) is 8.31. The average molecular weight is 375 g/mol. The van der Waals surface area contributed by atoms with Crippen LogP contribution in [-0.4, -0.2) is 59.6 Å². The van der Waals surface area contributed by atoms with Gasteiger partial charge in [-0.25, -0.2) is 10.3 Å². The van der Waals surface area contributed by atoms with Gasteiger partial charge < -0.3 is 4.90 Å². The maximum atomic E-state index is 12.4. The van der Waals surface area contributed by atoms with E-state index in [1.54, 1.807) is 0 Å². The normalized spacial score (nSPS) is 37.0. The molecule has 0 aromatic rings. The van der Waals surface area contributed by atoms with Gasteiger partial charge in [0.2, 0.25) is 0 Å². The maximum absolute atomic E-state index is 12.4. The largest absolute Gasteiger partial charge is 0.418 e. The standard InChI is InChI=1S/C14H21N3O7S/c18-13(15-23-12-6-8-1-2-9(12)5-8)11-4-3-10-7-16(11)14(19)17(10)24-25(20,21)22/h8-12H,1-7H2,(H,15,18)(H,20,21,22)/t8?,9?,10?,11-,12?/m0/s1. The molecule has 2 saturated carbocycles. The Morgan fingerprint density at radius 2 is 2.00 bits per heavy atom. The number of urea groups is 1. The Morgan fingerprint density at radius 1 is 1.20 bits per heavy atom. The highest BCUT2D eigenvalue weighted by Crippen LogP contribution is 2.45. The summed E-state index contributed by atoms with van der Waals surface area (Å²) in [6.45, 7) is 0.167. The number of rotatable bonds is 5. The number of piperidine rings is 1. The van der Waals surface area contributed by atoms with Crippen LogP contribution in [0.15, 0.2) is 0 Å². The third-order valence-corrected chi connectivity index (χ3v) is 6.13. The number of fused-ring (bicyclic) bond motifs is 4. The fourth-order valence-electron chi connectivity index (χ4n) is 4.64. The summed E-state index contributed by atoms with van der Waals surface area (Å²) in [5.74, 6) is 0.769. The molecule has 11 heteroatoms. The summed E-state index contributed by atoms with van der Waals surface area (Å²) in [5.41, 5.74) is 2.49. The van der Waals surface area contributed by atoms with Gasteiger partial charge in [-0.3, -0.25) is 14.2 Å². The Balaban J connectivity index is 1.35. The predicted molar refractivity (Wildman–Crippen MR) is 81.8 cm³/mol. The molecule has 2 aliphatic carbocycles. The van der Waals surface area contributed by atoms with Crippen molar-refractivity contribution in [3.63, 3.8) is 0 Å². The first-order valence-corrected chi connectivity index (χ1v) is 9.90. The smallest absolute Gasteiger partial charge is 0.309 e. The third-order valence-electron chi connectivity index (χ3n) is 5.78. The molecular formula is C14H21N3O7S. The van der Waals surface area contributed by atoms with Crippen LogP contribution >= 0.6 is 0 Å². The van der Waals surface area contributed by atoms with E-state index in [1.807, 2.05) is 0 Å². The first-order valence-electron chi connectivity index (χ1n) is 8.54. The van der Waals surface area contributed by atoms with Crippen LogP contribution in [-0.2, 0) is 24.3 Å². The van der Waals surface area contributed by atoms with Gasteiger partial charge in [-0.2, -0.15) is 13.5 Å². The molecule has 3 amide bonds. The minimum atomic E-state index is -4.79. The van der Waals surface area contributed by atoms with E-state index in [9.17, 15) is 18.0 Å². The van der Waals surface area contributed by atoms with Gasteiger partial charge in [-0.05, 0) is 50.4 Å². The van der Waals surface area contributed by atoms with Gasteiger partial charge in [0.05, 0.1) is 12.1 Å². The molecule has 4 bridgehead atoms. The first-order chi connectivity index (χ1) is 11.8. The van der Waals surface area contributed by atoms with Crippen molar-refractivity contribution in [2.45, 2.75) is 56.7 Å². The summed E-state index contributed by atoms with van der Waals surface area (Å²) in [7, 11) is -4.79. The molecule has 10 nitrogen and oxygen atoms in total. The van der Waals surface area contributed by atoms with E-state index in [2.05, 4.69) is 9.76 Å². The van der Waals surface area contributed by atoms with Crippen LogP contribution < -0.4 is 5.48 Å². The second-order valence-electron chi connectivity index (χ2n) is 7.31. The van der Waals surface area contributed by atoms with Crippen LogP contribution in [0.3, 0.4) is 0 Å². The molecule has 2 heterocycles. The van der Waals surface area contributed by atoms with Crippen LogP contribution in [0.5, 0.6) is 0 Å². The summed E-state index contributed by atoms with van der Waals surface area (Å²) in [6, 6.07) is -2.00. The third kappa shape index (κ3) is 3.21. The molecule has 4 aliphatic rings. The van der Waals surface area contributed by atoms with Crippen molar-refractivity contribution in [2.75, 3.05) is 6.54 Å². The van der Waals surface area contributed by atoms with Crippen molar-refractivity contribution < 1.29 is 31.7 Å². The number of hydroxylamine groups is 3. The van der Waals surface area contributed by atoms with Crippen molar-refractivity contribution in [1.29, 1.82) is 0 Å². The molecule has 2 N–H and O–H groups in total. The van der Waals surface area contributed by atoms with Crippen molar-refractivity contribution in [2.24, 2.45) is 11.8 Å². The van der Waals surface area contributed by atoms with Crippen LogP contribution in [0, 0.1) is 11.8 Å². The Hall–Kier alpha value is -1.43. The molecule has 0 aromatic heterocycles. The van der Waals surface area contributed by atoms with Gasteiger partial charge in [0.1, 0.15) is 6.04 Å². The molecule has 0 radical (unpaired) electrons. The van der Waals surface area contributed by atoms with E-state index in [0.717, 1.165) is 19.3 Å². The maximum Gasteiger partial charge on any atom is 0.418 e. The Bertz CT molecular complexity index is 684. The van der Waals surface area contributed by atoms with E-state index in [0.29, 0.717) is 29.7 Å². The quantitative estimate of drug-likeness (QED) is 0.520. The van der Waals surface area contributed by atoms with Gasteiger partial charge in [-0.15, -0.1) is 4.28 Å². The molecule has 5 atom stereocenters. The Kier molecular flexibility index (Phi) is 4.13. The lowest BCUT2D eigenvalue weighted by molar-refractivity contribution is -0.146. The van der Waals surface area contributed by atoms with Crippen molar-refractivity contribution in [1.82, 2.24) is 15.4 Å². The zero-order valence-electron chi connectivity index (χ0n) is 13.5. The molecule has 4 fully saturated rings. The topological polar surface area (TPSA) is 125 Å². The van der Waals surface area contributed by atoms with Crippen LogP contribution in [0.2, 0.25) is 0 Å². The van der Waals surface area contributed by atoms with Gasteiger partial charge in [-0.1, -0.05) is 0 Å². The summed E-state index contributed by atoms with van der Waals surface area (Å²) < 4.78 is 34.9. The molecule has 0 spiro atoms. The lowest BCUT2D eigenvalue weighted by Gasteiger charge is -2.30. The van der Waals surface area contributed by atoms with E-state index in [1.165, 1.54) is 11.3 Å². The lowest BCUT2D eigenvalue weighted by Crippen LogP contribution is -2.50. The van der Waals surface area contributed by atoms with Crippen LogP contribution in [0.1, 0.15) is 38.5 Å². The summed E-state index contributed by atoms with van der Waals surface area (Å²) >= 11 is 0. The zero-order chi connectivity index (χ0) is 17.8. The highest BCUT2D eigenvalue weighted by atomic mass is 32.3. The van der Waals surface area contributed by atoms with Crippen LogP contribution in [0.4, 0.5) is 4.79 Å². The molecule has 25 heavy (non-hydrogen) atoms. The number of nitrogens with zero attached hydrogens (tertiary/aromatic N) is 2. The lowest BCUT2D eigenvalue weighted by atomic mass is 9.98. The fraction of sp³-hybridized carbons (Fsp3) is 0.857. The minimum absolute atomic E-state index is 0.0349. The monoisotopic (exact) mass is 375 g/mol. The van der Waals surface area contributed by atoms with E-state index in [4.69, 9.17) is 9.39 Å². The van der Waals surface area contributed by atoms with Crippen LogP contribution in [0.25, 0.3) is 0 Å². The average Bonchev–Trinajstić information content (AvgIpc) is 3.23. The Morgan fingerprint density at radius 3 is 2.64 bits per heavy atom. The molecule has 140 valence electrons. The molecular weight excluding hydrogens is 354 g/mol. The summed E-state index contributed by atoms with van der Waals surface area (Å²) in [5, 5.41) is 0.624. The Labute approximate surface area is 145 Å². The second kappa shape index (κ2) is 6.08. The number of hydrogen-bond acceptors (Lipinski definition) is 6. The SMILES string of the molecule is O=C(NOC1CC2CCC1C2)[C@@H]1CCC2CN1C(=O)N2OS(=O)(=O)O. The van der Waals surface area contributed by atoms with Gasteiger partial charge >= 0.3 is 16.4 Å². The minimum Gasteiger partial charge on any atom is -0.309 e. The van der Waals surface area contributed by atoms with Gasteiger partial charge in [0, 0.05) is 6.54 Å². The van der Waals surface area contributed by atoms with Gasteiger partial charge in [0.15, 0.2) is 0 Å². The predicted octanol–water partition coefficient (Wildman–Crippen LogP) is 0.226. The van der Waals surface area contributed by atoms with Gasteiger partial charge in [0.25, 0.3) is 5.91 Å². The number of carbonyl (C=O) groups excluding carboxylic acids is 2. The molecule has 4 unspecified atom stereocenters. The van der Waals surface area contributed by atoms with Crippen molar-refractivity contribution >= 4 is 22.3 Å². The van der Waals surface area contributed by atoms with E-state index >= 15 is 0 Å². The van der Waals surface area contributed by atoms with E-state index < -0.39 is 34.4 Å². The zero-order valence-corrected chi connectivity index (χ0v) is 14.4.